The minimum absolute atomic E-state index is 0.0621. The van der Waals surface area contributed by atoms with Crippen LogP contribution in [0.2, 0.25) is 0 Å². The lowest BCUT2D eigenvalue weighted by Crippen LogP contribution is -2.44. The van der Waals surface area contributed by atoms with Crippen LogP contribution < -0.4 is 0 Å². The summed E-state index contributed by atoms with van der Waals surface area (Å²) >= 11 is 0. The van der Waals surface area contributed by atoms with Gasteiger partial charge in [-0.15, -0.1) is 0 Å². The maximum Gasteiger partial charge on any atom is 0.176 e. The smallest absolute Gasteiger partial charge is 0.176 e. The van der Waals surface area contributed by atoms with Crippen LogP contribution in [0, 0.1) is 23.0 Å². The van der Waals surface area contributed by atoms with Gasteiger partial charge >= 0.3 is 0 Å². The molecule has 1 aromatic rings. The highest BCUT2D eigenvalue weighted by atomic mass is 19.2. The Morgan fingerprint density at radius 1 is 1.47 bits per heavy atom. The van der Waals surface area contributed by atoms with Crippen LogP contribution >= 0.6 is 0 Å². The van der Waals surface area contributed by atoms with Crippen LogP contribution in [0.5, 0.6) is 0 Å². The van der Waals surface area contributed by atoms with Gasteiger partial charge in [0.15, 0.2) is 23.5 Å². The van der Waals surface area contributed by atoms with E-state index in [-0.39, 0.29) is 17.9 Å². The molecule has 0 N–H and O–H groups in total. The number of nitriles is 1. The van der Waals surface area contributed by atoms with Crippen LogP contribution in [0.1, 0.15) is 10.4 Å². The standard InChI is InChI=1S/C13H12F2N2O2/c14-11-2-1-9(5-12(11)15)13(18)8-17-3-4-19-10(6-16)7-17/h1-2,5,10H,3-4,7-8H2. The lowest BCUT2D eigenvalue weighted by molar-refractivity contribution is 0.00240. The molecule has 0 radical (unpaired) electrons. The van der Waals surface area contributed by atoms with E-state index in [2.05, 4.69) is 0 Å². The van der Waals surface area contributed by atoms with E-state index < -0.39 is 17.7 Å². The fourth-order valence-electron chi connectivity index (χ4n) is 1.89. The second-order valence-corrected chi connectivity index (χ2v) is 4.28. The summed E-state index contributed by atoms with van der Waals surface area (Å²) in [6.45, 7) is 1.31. The van der Waals surface area contributed by atoms with Crippen LogP contribution in [-0.4, -0.2) is 43.0 Å². The normalized spacial score (nSPS) is 19.9. The number of carbonyl (C=O) groups excluding carboxylic acids is 1. The Bertz CT molecular complexity index is 528. The van der Waals surface area contributed by atoms with Crippen molar-refractivity contribution < 1.29 is 18.3 Å². The second-order valence-electron chi connectivity index (χ2n) is 4.28. The molecule has 1 unspecified atom stereocenters. The van der Waals surface area contributed by atoms with Gasteiger partial charge in [0.1, 0.15) is 0 Å². The predicted octanol–water partition coefficient (Wildman–Crippen LogP) is 1.37. The topological polar surface area (TPSA) is 53.3 Å². The van der Waals surface area contributed by atoms with Gasteiger partial charge in [0.25, 0.3) is 0 Å². The zero-order valence-electron chi connectivity index (χ0n) is 10.1. The lowest BCUT2D eigenvalue weighted by atomic mass is 10.1. The van der Waals surface area contributed by atoms with Crippen LogP contribution in [-0.2, 0) is 4.74 Å². The molecule has 1 aliphatic rings. The first kappa shape index (κ1) is 13.6. The number of nitrogens with zero attached hydrogens (tertiary/aromatic N) is 2. The molecule has 0 aromatic heterocycles. The molecule has 1 heterocycles. The van der Waals surface area contributed by atoms with E-state index in [4.69, 9.17) is 10.00 Å². The molecule has 4 nitrogen and oxygen atoms in total. The number of halogens is 2. The number of Topliss-reactive ketones (excluding diaryl/α,β-unsaturated/α-hetero) is 1. The number of benzene rings is 1. The zero-order valence-corrected chi connectivity index (χ0v) is 10.1. The number of ether oxygens (including phenoxy) is 1. The molecular weight excluding hydrogens is 254 g/mol. The van der Waals surface area contributed by atoms with E-state index in [9.17, 15) is 13.6 Å². The summed E-state index contributed by atoms with van der Waals surface area (Å²) in [4.78, 5) is 13.7. The van der Waals surface area contributed by atoms with Crippen molar-refractivity contribution in [1.29, 1.82) is 5.26 Å². The molecular formula is C13H12F2N2O2. The third kappa shape index (κ3) is 3.34. The van der Waals surface area contributed by atoms with Gasteiger partial charge in [-0.05, 0) is 18.2 Å². The maximum absolute atomic E-state index is 13.0. The van der Waals surface area contributed by atoms with Gasteiger partial charge in [-0.25, -0.2) is 8.78 Å². The van der Waals surface area contributed by atoms with Crippen molar-refractivity contribution in [2.24, 2.45) is 0 Å². The molecule has 6 heteroatoms. The van der Waals surface area contributed by atoms with Crippen molar-refractivity contribution in [2.75, 3.05) is 26.2 Å². The zero-order chi connectivity index (χ0) is 13.8. The first-order valence-electron chi connectivity index (χ1n) is 5.82. The maximum atomic E-state index is 13.0. The summed E-state index contributed by atoms with van der Waals surface area (Å²) < 4.78 is 31.0. The Labute approximate surface area is 109 Å². The van der Waals surface area contributed by atoms with Gasteiger partial charge in [0.05, 0.1) is 19.2 Å². The summed E-state index contributed by atoms with van der Waals surface area (Å²) in [5.74, 6) is -2.33. The van der Waals surface area contributed by atoms with E-state index in [0.29, 0.717) is 19.7 Å². The fraction of sp³-hybridized carbons (Fsp3) is 0.385. The third-order valence-corrected chi connectivity index (χ3v) is 2.90. The summed E-state index contributed by atoms with van der Waals surface area (Å²) in [6, 6.07) is 5.05. The molecule has 0 bridgehead atoms. The van der Waals surface area contributed by atoms with Crippen molar-refractivity contribution in [3.8, 4) is 6.07 Å². The molecule has 1 atom stereocenters. The van der Waals surface area contributed by atoms with E-state index in [0.717, 1.165) is 12.1 Å². The van der Waals surface area contributed by atoms with Crippen LogP contribution in [0.25, 0.3) is 0 Å². The van der Waals surface area contributed by atoms with Crippen molar-refractivity contribution in [3.05, 3.63) is 35.4 Å². The minimum atomic E-state index is -1.04. The minimum Gasteiger partial charge on any atom is -0.361 e. The monoisotopic (exact) mass is 266 g/mol. The summed E-state index contributed by atoms with van der Waals surface area (Å²) in [7, 11) is 0. The first-order chi connectivity index (χ1) is 9.10. The SMILES string of the molecule is N#CC1CN(CC(=O)c2ccc(F)c(F)c2)CCO1. The molecule has 1 fully saturated rings. The highest BCUT2D eigenvalue weighted by Gasteiger charge is 2.22. The van der Waals surface area contributed by atoms with Gasteiger partial charge < -0.3 is 4.74 Å². The quantitative estimate of drug-likeness (QED) is 0.775. The summed E-state index contributed by atoms with van der Waals surface area (Å²) in [5.41, 5.74) is 0.124. The molecule has 1 saturated heterocycles. The van der Waals surface area contributed by atoms with Gasteiger partial charge in [0, 0.05) is 18.7 Å². The Hall–Kier alpha value is -1.84. The van der Waals surface area contributed by atoms with Crippen LogP contribution in [0.3, 0.4) is 0 Å². The van der Waals surface area contributed by atoms with E-state index in [1.165, 1.54) is 6.07 Å². The Morgan fingerprint density at radius 2 is 2.26 bits per heavy atom. The molecule has 1 aliphatic heterocycles. The average molecular weight is 266 g/mol. The van der Waals surface area contributed by atoms with E-state index in [1.54, 1.807) is 4.90 Å². The Balaban J connectivity index is 2.00. The fourth-order valence-corrected chi connectivity index (χ4v) is 1.89. The molecule has 0 aliphatic carbocycles. The average Bonchev–Trinajstić information content (AvgIpc) is 2.42. The molecule has 2 rings (SSSR count). The van der Waals surface area contributed by atoms with Crippen LogP contribution in [0.15, 0.2) is 18.2 Å². The van der Waals surface area contributed by atoms with Crippen LogP contribution in [0.4, 0.5) is 8.78 Å². The summed E-state index contributed by atoms with van der Waals surface area (Å²) in [6.07, 6.45) is -0.550. The molecule has 19 heavy (non-hydrogen) atoms. The highest BCUT2D eigenvalue weighted by molar-refractivity contribution is 5.97. The number of morpholine rings is 1. The van der Waals surface area contributed by atoms with Crippen molar-refractivity contribution in [2.45, 2.75) is 6.10 Å². The van der Waals surface area contributed by atoms with Gasteiger partial charge in [-0.1, -0.05) is 0 Å². The largest absolute Gasteiger partial charge is 0.361 e. The molecule has 0 spiro atoms. The Morgan fingerprint density at radius 3 is 2.95 bits per heavy atom. The molecule has 1 aromatic carbocycles. The van der Waals surface area contributed by atoms with Crippen molar-refractivity contribution >= 4 is 5.78 Å². The number of ketones is 1. The number of hydrogen-bond donors (Lipinski definition) is 0. The first-order valence-corrected chi connectivity index (χ1v) is 5.82. The number of carbonyl (C=O) groups is 1. The van der Waals surface area contributed by atoms with Gasteiger partial charge in [0.2, 0.25) is 0 Å². The van der Waals surface area contributed by atoms with Crippen molar-refractivity contribution in [1.82, 2.24) is 4.90 Å². The molecule has 100 valence electrons. The second kappa shape index (κ2) is 5.87. The van der Waals surface area contributed by atoms with Crippen molar-refractivity contribution in [3.63, 3.8) is 0 Å². The van der Waals surface area contributed by atoms with Gasteiger partial charge in [-0.2, -0.15) is 5.26 Å². The van der Waals surface area contributed by atoms with E-state index in [1.807, 2.05) is 6.07 Å². The summed E-state index contributed by atoms with van der Waals surface area (Å²) in [5, 5.41) is 8.75. The molecule has 0 saturated carbocycles. The highest BCUT2D eigenvalue weighted by Crippen LogP contribution is 2.11. The molecule has 0 amide bonds. The number of rotatable bonds is 3. The van der Waals surface area contributed by atoms with E-state index >= 15 is 0 Å². The third-order valence-electron chi connectivity index (χ3n) is 2.90. The Kier molecular flexibility index (Phi) is 4.20. The lowest BCUT2D eigenvalue weighted by Gasteiger charge is -2.28. The van der Waals surface area contributed by atoms with Gasteiger partial charge in [-0.3, -0.25) is 9.69 Å². The number of hydrogen-bond acceptors (Lipinski definition) is 4. The predicted molar refractivity (Wildman–Crippen MR) is 62.5 cm³/mol.